The Balaban J connectivity index is 1.25. The molecule has 1 saturated heterocycles. The number of aromatic nitrogens is 5. The number of ether oxygens (including phenoxy) is 3. The number of nitrogens with one attached hydrogen (secondary N) is 1. The number of hydrogen-bond acceptors (Lipinski definition) is 8. The molecule has 10 heteroatoms. The standard InChI is InChI=1S/C27H29ClN6O3/c1-3-11-30-26-31-12-10-25(33-26)20-5-7-21(8-6-20)35-14-22-15-36-27(37-22,16-34-18-29-17-32-34)23-9-4-19(2)13-24(23)28/h4-10,12-13,17-18,22H,3,11,14-16H2,1-2H3,(H,30,31,33). The first kappa shape index (κ1) is 25.1. The third kappa shape index (κ3) is 5.90. The molecule has 2 unspecified atom stereocenters. The van der Waals surface area contributed by atoms with Gasteiger partial charge in [0.05, 0.1) is 12.3 Å². The van der Waals surface area contributed by atoms with Gasteiger partial charge in [-0.1, -0.05) is 30.7 Å². The normalized spacial score (nSPS) is 19.2. The topological polar surface area (TPSA) is 96.2 Å². The highest BCUT2D eigenvalue weighted by Gasteiger charge is 2.45. The Morgan fingerprint density at radius 2 is 2.05 bits per heavy atom. The molecule has 2 aromatic carbocycles. The van der Waals surface area contributed by atoms with Crippen molar-refractivity contribution in [3.05, 3.63) is 83.5 Å². The Labute approximate surface area is 220 Å². The first-order valence-electron chi connectivity index (χ1n) is 12.3. The Bertz CT molecular complexity index is 1320. The summed E-state index contributed by atoms with van der Waals surface area (Å²) in [7, 11) is 0. The number of aryl methyl sites for hydroxylation is 1. The first-order chi connectivity index (χ1) is 18.0. The lowest BCUT2D eigenvalue weighted by molar-refractivity contribution is -0.190. The van der Waals surface area contributed by atoms with Gasteiger partial charge in [-0.2, -0.15) is 5.10 Å². The van der Waals surface area contributed by atoms with Crippen LogP contribution in [0.3, 0.4) is 0 Å². The average molecular weight is 521 g/mol. The van der Waals surface area contributed by atoms with Crippen LogP contribution >= 0.6 is 11.6 Å². The molecule has 4 aromatic rings. The second-order valence-electron chi connectivity index (χ2n) is 8.91. The highest BCUT2D eigenvalue weighted by atomic mass is 35.5. The van der Waals surface area contributed by atoms with Crippen LogP contribution in [0.1, 0.15) is 24.5 Å². The van der Waals surface area contributed by atoms with E-state index in [0.29, 0.717) is 30.7 Å². The molecule has 0 radical (unpaired) electrons. The summed E-state index contributed by atoms with van der Waals surface area (Å²) >= 11 is 6.61. The molecule has 37 heavy (non-hydrogen) atoms. The SMILES string of the molecule is CCCNc1nccc(-c2ccc(OCC3COC(Cn4cncn4)(c4ccc(C)cc4Cl)O3)cc2)n1. The maximum Gasteiger partial charge on any atom is 0.223 e. The van der Waals surface area contributed by atoms with Crippen LogP contribution in [0, 0.1) is 6.92 Å². The molecular formula is C27H29ClN6O3. The van der Waals surface area contributed by atoms with E-state index in [0.717, 1.165) is 41.1 Å². The van der Waals surface area contributed by atoms with Gasteiger partial charge in [-0.25, -0.2) is 19.6 Å². The van der Waals surface area contributed by atoms with Crippen LogP contribution in [-0.4, -0.2) is 50.6 Å². The molecule has 192 valence electrons. The smallest absolute Gasteiger partial charge is 0.223 e. The second-order valence-corrected chi connectivity index (χ2v) is 9.31. The fraction of sp³-hybridized carbons (Fsp3) is 0.333. The molecule has 2 aromatic heterocycles. The molecule has 9 nitrogen and oxygen atoms in total. The van der Waals surface area contributed by atoms with E-state index in [1.807, 2.05) is 55.5 Å². The number of rotatable bonds is 10. The molecule has 1 aliphatic heterocycles. The number of benzene rings is 2. The molecule has 1 N–H and O–H groups in total. The third-order valence-electron chi connectivity index (χ3n) is 6.01. The summed E-state index contributed by atoms with van der Waals surface area (Å²) in [6.45, 7) is 5.92. The summed E-state index contributed by atoms with van der Waals surface area (Å²) in [6, 6.07) is 15.5. The van der Waals surface area contributed by atoms with Crippen molar-refractivity contribution in [2.45, 2.75) is 38.7 Å². The highest BCUT2D eigenvalue weighted by Crippen LogP contribution is 2.40. The van der Waals surface area contributed by atoms with Crippen molar-refractivity contribution in [1.82, 2.24) is 24.7 Å². The largest absolute Gasteiger partial charge is 0.491 e. The van der Waals surface area contributed by atoms with Crippen molar-refractivity contribution in [2.75, 3.05) is 25.1 Å². The zero-order valence-electron chi connectivity index (χ0n) is 20.8. The van der Waals surface area contributed by atoms with Crippen molar-refractivity contribution in [2.24, 2.45) is 0 Å². The van der Waals surface area contributed by atoms with E-state index in [1.54, 1.807) is 17.2 Å². The molecule has 1 fully saturated rings. The summed E-state index contributed by atoms with van der Waals surface area (Å²) in [5.74, 6) is 0.265. The van der Waals surface area contributed by atoms with Gasteiger partial charge in [-0.3, -0.25) is 0 Å². The van der Waals surface area contributed by atoms with Gasteiger partial charge in [0, 0.05) is 28.9 Å². The lowest BCUT2D eigenvalue weighted by atomic mass is 10.0. The molecule has 0 saturated carbocycles. The van der Waals surface area contributed by atoms with Gasteiger partial charge in [0.1, 0.15) is 37.7 Å². The van der Waals surface area contributed by atoms with Crippen molar-refractivity contribution in [1.29, 1.82) is 0 Å². The minimum Gasteiger partial charge on any atom is -0.491 e. The van der Waals surface area contributed by atoms with E-state index in [4.69, 9.17) is 25.8 Å². The summed E-state index contributed by atoms with van der Waals surface area (Å²) in [6.07, 6.45) is 5.58. The molecule has 1 aliphatic rings. The van der Waals surface area contributed by atoms with Crippen molar-refractivity contribution >= 4 is 17.5 Å². The molecule has 3 heterocycles. The van der Waals surface area contributed by atoms with Crippen molar-refractivity contribution in [3.8, 4) is 17.0 Å². The fourth-order valence-corrected chi connectivity index (χ4v) is 4.54. The van der Waals surface area contributed by atoms with Gasteiger partial charge in [0.25, 0.3) is 0 Å². The number of anilines is 1. The van der Waals surface area contributed by atoms with Crippen LogP contribution in [-0.2, 0) is 21.8 Å². The first-order valence-corrected chi connectivity index (χ1v) is 12.6. The molecule has 0 aliphatic carbocycles. The van der Waals surface area contributed by atoms with E-state index in [9.17, 15) is 0 Å². The Hall–Kier alpha value is -3.53. The van der Waals surface area contributed by atoms with Crippen LogP contribution < -0.4 is 10.1 Å². The molecule has 2 atom stereocenters. The van der Waals surface area contributed by atoms with Gasteiger partial charge < -0.3 is 19.5 Å². The van der Waals surface area contributed by atoms with E-state index >= 15 is 0 Å². The van der Waals surface area contributed by atoms with Crippen LogP contribution in [0.25, 0.3) is 11.3 Å². The Morgan fingerprint density at radius 1 is 1.19 bits per heavy atom. The summed E-state index contributed by atoms with van der Waals surface area (Å²) in [4.78, 5) is 12.9. The number of nitrogens with zero attached hydrogens (tertiary/aromatic N) is 5. The average Bonchev–Trinajstić information content (AvgIpc) is 3.57. The lowest BCUT2D eigenvalue weighted by Crippen LogP contribution is -2.35. The zero-order valence-corrected chi connectivity index (χ0v) is 21.6. The van der Waals surface area contributed by atoms with Crippen LogP contribution in [0.2, 0.25) is 5.02 Å². The predicted molar refractivity (Wildman–Crippen MR) is 140 cm³/mol. The van der Waals surface area contributed by atoms with Gasteiger partial charge in [0.2, 0.25) is 11.7 Å². The van der Waals surface area contributed by atoms with Crippen molar-refractivity contribution in [3.63, 3.8) is 0 Å². The van der Waals surface area contributed by atoms with Crippen molar-refractivity contribution < 1.29 is 14.2 Å². The summed E-state index contributed by atoms with van der Waals surface area (Å²) < 4.78 is 20.4. The van der Waals surface area contributed by atoms with E-state index in [1.165, 1.54) is 6.33 Å². The van der Waals surface area contributed by atoms with Gasteiger partial charge in [-0.15, -0.1) is 0 Å². The minimum atomic E-state index is -1.09. The molecule has 0 bridgehead atoms. The van der Waals surface area contributed by atoms with E-state index in [2.05, 4.69) is 32.3 Å². The van der Waals surface area contributed by atoms with Gasteiger partial charge in [0.15, 0.2) is 0 Å². The Morgan fingerprint density at radius 3 is 2.81 bits per heavy atom. The maximum absolute atomic E-state index is 6.61. The van der Waals surface area contributed by atoms with Gasteiger partial charge in [-0.05, 0) is 55.3 Å². The molecular weight excluding hydrogens is 492 g/mol. The Kier molecular flexibility index (Phi) is 7.64. The second kappa shape index (κ2) is 11.2. The van der Waals surface area contributed by atoms with E-state index < -0.39 is 5.79 Å². The van der Waals surface area contributed by atoms with Crippen LogP contribution in [0.15, 0.2) is 67.4 Å². The molecule has 5 rings (SSSR count). The zero-order chi connectivity index (χ0) is 25.7. The fourth-order valence-electron chi connectivity index (χ4n) is 4.17. The summed E-state index contributed by atoms with van der Waals surface area (Å²) in [5, 5.41) is 8.02. The molecule has 0 amide bonds. The van der Waals surface area contributed by atoms with Crippen LogP contribution in [0.5, 0.6) is 5.75 Å². The number of hydrogen-bond donors (Lipinski definition) is 1. The number of halogens is 1. The van der Waals surface area contributed by atoms with Crippen LogP contribution in [0.4, 0.5) is 5.95 Å². The predicted octanol–water partition coefficient (Wildman–Crippen LogP) is 4.87. The molecule has 0 spiro atoms. The maximum atomic E-state index is 6.61. The highest BCUT2D eigenvalue weighted by molar-refractivity contribution is 6.31. The third-order valence-corrected chi connectivity index (χ3v) is 6.32. The minimum absolute atomic E-state index is 0.297. The lowest BCUT2D eigenvalue weighted by Gasteiger charge is -2.29. The summed E-state index contributed by atoms with van der Waals surface area (Å²) in [5.41, 5.74) is 3.64. The quantitative estimate of drug-likeness (QED) is 0.316. The van der Waals surface area contributed by atoms with E-state index in [-0.39, 0.29) is 6.10 Å². The monoisotopic (exact) mass is 520 g/mol. The van der Waals surface area contributed by atoms with Gasteiger partial charge >= 0.3 is 0 Å².